The van der Waals surface area contributed by atoms with Crippen LogP contribution in [0, 0.1) is 6.92 Å². The SMILES string of the molecule is Cc1ccccc1NCCOc1cccc(Cl)c1Cl. The maximum Gasteiger partial charge on any atom is 0.139 e. The number of hydrogen-bond acceptors (Lipinski definition) is 2. The summed E-state index contributed by atoms with van der Waals surface area (Å²) in [6, 6.07) is 13.5. The van der Waals surface area contributed by atoms with Crippen molar-refractivity contribution in [3.8, 4) is 5.75 Å². The molecule has 0 aliphatic heterocycles. The van der Waals surface area contributed by atoms with Crippen LogP contribution >= 0.6 is 23.2 Å². The first-order chi connectivity index (χ1) is 9.18. The van der Waals surface area contributed by atoms with Gasteiger partial charge in [0.15, 0.2) is 0 Å². The third kappa shape index (κ3) is 3.79. The van der Waals surface area contributed by atoms with Crippen LogP contribution in [0.3, 0.4) is 0 Å². The molecule has 2 aromatic rings. The molecule has 0 saturated carbocycles. The van der Waals surface area contributed by atoms with Crippen molar-refractivity contribution in [3.05, 3.63) is 58.1 Å². The van der Waals surface area contributed by atoms with E-state index in [9.17, 15) is 0 Å². The van der Waals surface area contributed by atoms with Crippen molar-refractivity contribution in [2.75, 3.05) is 18.5 Å². The number of aryl methyl sites for hydroxylation is 1. The van der Waals surface area contributed by atoms with Gasteiger partial charge in [-0.1, -0.05) is 47.5 Å². The number of anilines is 1. The van der Waals surface area contributed by atoms with Gasteiger partial charge in [-0.3, -0.25) is 0 Å². The van der Waals surface area contributed by atoms with Crippen molar-refractivity contribution < 1.29 is 4.74 Å². The maximum atomic E-state index is 6.04. The van der Waals surface area contributed by atoms with E-state index in [2.05, 4.69) is 18.3 Å². The van der Waals surface area contributed by atoms with Gasteiger partial charge in [0.2, 0.25) is 0 Å². The number of nitrogens with one attached hydrogen (secondary N) is 1. The Bertz CT molecular complexity index is 558. The smallest absolute Gasteiger partial charge is 0.139 e. The molecule has 0 unspecified atom stereocenters. The van der Waals surface area contributed by atoms with Gasteiger partial charge in [-0.25, -0.2) is 0 Å². The third-order valence-corrected chi connectivity index (χ3v) is 3.54. The van der Waals surface area contributed by atoms with E-state index >= 15 is 0 Å². The van der Waals surface area contributed by atoms with Crippen LogP contribution in [0.5, 0.6) is 5.75 Å². The summed E-state index contributed by atoms with van der Waals surface area (Å²) in [6.07, 6.45) is 0. The van der Waals surface area contributed by atoms with Crippen LogP contribution in [-0.4, -0.2) is 13.2 Å². The predicted octanol–water partition coefficient (Wildman–Crippen LogP) is 4.79. The van der Waals surface area contributed by atoms with Crippen molar-refractivity contribution in [1.29, 1.82) is 0 Å². The highest BCUT2D eigenvalue weighted by Crippen LogP contribution is 2.31. The molecule has 2 nitrogen and oxygen atoms in total. The molecule has 0 aliphatic rings. The average molecular weight is 296 g/mol. The van der Waals surface area contributed by atoms with E-state index in [1.54, 1.807) is 6.07 Å². The molecule has 19 heavy (non-hydrogen) atoms. The van der Waals surface area contributed by atoms with Gasteiger partial charge in [0.1, 0.15) is 17.4 Å². The minimum atomic E-state index is 0.458. The quantitative estimate of drug-likeness (QED) is 0.801. The van der Waals surface area contributed by atoms with Crippen LogP contribution in [0.25, 0.3) is 0 Å². The van der Waals surface area contributed by atoms with Gasteiger partial charge in [0.25, 0.3) is 0 Å². The predicted molar refractivity (Wildman–Crippen MR) is 81.6 cm³/mol. The Hall–Kier alpha value is -1.38. The summed E-state index contributed by atoms with van der Waals surface area (Å²) in [6.45, 7) is 3.29. The van der Waals surface area contributed by atoms with E-state index in [1.165, 1.54) is 5.56 Å². The first-order valence-electron chi connectivity index (χ1n) is 6.05. The lowest BCUT2D eigenvalue weighted by Crippen LogP contribution is -2.12. The van der Waals surface area contributed by atoms with Crippen LogP contribution in [0.15, 0.2) is 42.5 Å². The normalized spacial score (nSPS) is 10.3. The molecule has 2 rings (SSSR count). The number of halogens is 2. The maximum absolute atomic E-state index is 6.04. The summed E-state index contributed by atoms with van der Waals surface area (Å²) in [4.78, 5) is 0. The molecular weight excluding hydrogens is 281 g/mol. The van der Waals surface area contributed by atoms with E-state index in [1.807, 2.05) is 30.3 Å². The first-order valence-corrected chi connectivity index (χ1v) is 6.80. The first kappa shape index (κ1) is 14.0. The lowest BCUT2D eigenvalue weighted by Gasteiger charge is -2.11. The van der Waals surface area contributed by atoms with Crippen LogP contribution in [0.2, 0.25) is 10.0 Å². The van der Waals surface area contributed by atoms with E-state index in [0.29, 0.717) is 28.9 Å². The number of para-hydroxylation sites is 1. The van der Waals surface area contributed by atoms with Crippen molar-refractivity contribution >= 4 is 28.9 Å². The summed E-state index contributed by atoms with van der Waals surface area (Å²) < 4.78 is 5.60. The minimum absolute atomic E-state index is 0.458. The van der Waals surface area contributed by atoms with Crippen LogP contribution in [0.4, 0.5) is 5.69 Å². The van der Waals surface area contributed by atoms with E-state index < -0.39 is 0 Å². The molecule has 4 heteroatoms. The Labute approximate surface area is 123 Å². The minimum Gasteiger partial charge on any atom is -0.490 e. The topological polar surface area (TPSA) is 21.3 Å². The fourth-order valence-corrected chi connectivity index (χ4v) is 2.06. The second-order valence-electron chi connectivity index (χ2n) is 4.14. The molecule has 100 valence electrons. The van der Waals surface area contributed by atoms with E-state index in [0.717, 1.165) is 5.69 Å². The standard InChI is InChI=1S/C15H15Cl2NO/c1-11-5-2-3-7-13(11)18-9-10-19-14-8-4-6-12(16)15(14)17/h2-8,18H,9-10H2,1H3. The molecular formula is C15H15Cl2NO. The van der Waals surface area contributed by atoms with E-state index in [-0.39, 0.29) is 0 Å². The molecule has 2 aromatic carbocycles. The summed E-state index contributed by atoms with van der Waals surface area (Å²) in [5.41, 5.74) is 2.33. The zero-order valence-corrected chi connectivity index (χ0v) is 12.1. The van der Waals surface area contributed by atoms with Crippen molar-refractivity contribution in [1.82, 2.24) is 0 Å². The van der Waals surface area contributed by atoms with Crippen molar-refractivity contribution in [2.45, 2.75) is 6.92 Å². The van der Waals surface area contributed by atoms with Crippen molar-refractivity contribution in [3.63, 3.8) is 0 Å². The molecule has 0 radical (unpaired) electrons. The fraction of sp³-hybridized carbons (Fsp3) is 0.200. The molecule has 0 spiro atoms. The van der Waals surface area contributed by atoms with Gasteiger partial charge >= 0.3 is 0 Å². The number of benzene rings is 2. The Morgan fingerprint density at radius 1 is 1.05 bits per heavy atom. The highest BCUT2D eigenvalue weighted by molar-refractivity contribution is 6.42. The number of rotatable bonds is 5. The Morgan fingerprint density at radius 3 is 2.63 bits per heavy atom. The highest BCUT2D eigenvalue weighted by Gasteiger charge is 2.04. The van der Waals surface area contributed by atoms with Gasteiger partial charge in [-0.05, 0) is 30.7 Å². The Balaban J connectivity index is 1.84. The zero-order chi connectivity index (χ0) is 13.7. The lowest BCUT2D eigenvalue weighted by atomic mass is 10.2. The average Bonchev–Trinajstić information content (AvgIpc) is 2.41. The molecule has 0 amide bonds. The van der Waals surface area contributed by atoms with Crippen LogP contribution in [0.1, 0.15) is 5.56 Å². The molecule has 0 saturated heterocycles. The van der Waals surface area contributed by atoms with Crippen molar-refractivity contribution in [2.24, 2.45) is 0 Å². The highest BCUT2D eigenvalue weighted by atomic mass is 35.5. The Kier molecular flexibility index (Phi) is 4.94. The summed E-state index contributed by atoms with van der Waals surface area (Å²) in [5, 5.41) is 4.28. The molecule has 0 aromatic heterocycles. The molecule has 0 bridgehead atoms. The summed E-state index contributed by atoms with van der Waals surface area (Å²) in [5.74, 6) is 0.612. The van der Waals surface area contributed by atoms with Gasteiger partial charge < -0.3 is 10.1 Å². The number of hydrogen-bond donors (Lipinski definition) is 1. The molecule has 0 fully saturated rings. The van der Waals surface area contributed by atoms with E-state index in [4.69, 9.17) is 27.9 Å². The lowest BCUT2D eigenvalue weighted by molar-refractivity contribution is 0.333. The van der Waals surface area contributed by atoms with Crippen LogP contribution in [-0.2, 0) is 0 Å². The Morgan fingerprint density at radius 2 is 1.84 bits per heavy atom. The van der Waals surface area contributed by atoms with Crippen LogP contribution < -0.4 is 10.1 Å². The fourth-order valence-electron chi connectivity index (χ4n) is 1.71. The van der Waals surface area contributed by atoms with Gasteiger partial charge in [0, 0.05) is 12.2 Å². The second-order valence-corrected chi connectivity index (χ2v) is 4.93. The second kappa shape index (κ2) is 6.69. The van der Waals surface area contributed by atoms with Gasteiger partial charge in [-0.15, -0.1) is 0 Å². The molecule has 1 N–H and O–H groups in total. The molecule has 0 aliphatic carbocycles. The monoisotopic (exact) mass is 295 g/mol. The summed E-state index contributed by atoms with van der Waals surface area (Å²) in [7, 11) is 0. The van der Waals surface area contributed by atoms with Gasteiger partial charge in [0.05, 0.1) is 5.02 Å². The molecule has 0 atom stereocenters. The number of ether oxygens (including phenoxy) is 1. The third-order valence-electron chi connectivity index (χ3n) is 2.74. The van der Waals surface area contributed by atoms with Gasteiger partial charge in [-0.2, -0.15) is 0 Å². The zero-order valence-electron chi connectivity index (χ0n) is 10.6. The summed E-state index contributed by atoms with van der Waals surface area (Å²) >= 11 is 12.0. The largest absolute Gasteiger partial charge is 0.490 e. The molecule has 0 heterocycles.